The smallest absolute Gasteiger partial charge is 0.308 e. The Morgan fingerprint density at radius 2 is 2.00 bits per heavy atom. The largest absolute Gasteiger partial charge is 0.487 e. The fourth-order valence-corrected chi connectivity index (χ4v) is 5.10. The molecule has 8 nitrogen and oxygen atoms in total. The van der Waals surface area contributed by atoms with Gasteiger partial charge in [-0.1, -0.05) is 0 Å². The second kappa shape index (κ2) is 8.45. The van der Waals surface area contributed by atoms with Gasteiger partial charge in [-0.2, -0.15) is 0 Å². The fourth-order valence-electron chi connectivity index (χ4n) is 4.05. The third-order valence-electron chi connectivity index (χ3n) is 5.50. The minimum absolute atomic E-state index is 0.0441. The Bertz CT molecular complexity index is 1070. The summed E-state index contributed by atoms with van der Waals surface area (Å²) in [6.07, 6.45) is -1.03. The zero-order chi connectivity index (χ0) is 22.2. The number of benzene rings is 2. The van der Waals surface area contributed by atoms with E-state index in [4.69, 9.17) is 14.2 Å². The van der Waals surface area contributed by atoms with Crippen LogP contribution in [0.4, 0.5) is 10.1 Å². The van der Waals surface area contributed by atoms with Gasteiger partial charge >= 0.3 is 5.97 Å². The lowest BCUT2D eigenvalue weighted by molar-refractivity contribution is -0.156. The van der Waals surface area contributed by atoms with Crippen LogP contribution >= 0.6 is 0 Å². The topological polar surface area (TPSA) is 111 Å². The normalized spacial score (nSPS) is 24.6. The van der Waals surface area contributed by atoms with E-state index in [0.717, 1.165) is 17.7 Å². The van der Waals surface area contributed by atoms with Crippen LogP contribution in [0.2, 0.25) is 0 Å². The van der Waals surface area contributed by atoms with Gasteiger partial charge in [0.05, 0.1) is 31.1 Å². The van der Waals surface area contributed by atoms with E-state index in [9.17, 15) is 22.7 Å². The Morgan fingerprint density at radius 1 is 1.26 bits per heavy atom. The van der Waals surface area contributed by atoms with Crippen LogP contribution in [-0.4, -0.2) is 51.5 Å². The van der Waals surface area contributed by atoms with Crippen molar-refractivity contribution in [2.45, 2.75) is 42.0 Å². The number of fused-ring (bicyclic) bond motifs is 3. The third-order valence-corrected chi connectivity index (χ3v) is 6.89. The van der Waals surface area contributed by atoms with Gasteiger partial charge in [0.1, 0.15) is 23.8 Å². The molecule has 4 rings (SSSR count). The molecule has 0 unspecified atom stereocenters. The first-order valence-electron chi connectivity index (χ1n) is 9.73. The number of carbonyl (C=O) groups excluding carboxylic acids is 1. The molecule has 10 heteroatoms. The zero-order valence-electron chi connectivity index (χ0n) is 16.7. The summed E-state index contributed by atoms with van der Waals surface area (Å²) in [5.74, 6) is -0.564. The summed E-state index contributed by atoms with van der Waals surface area (Å²) in [5.41, 5.74) is 1.09. The summed E-state index contributed by atoms with van der Waals surface area (Å²) >= 11 is 0. The number of rotatable bonds is 6. The summed E-state index contributed by atoms with van der Waals surface area (Å²) < 4.78 is 57.4. The number of halogens is 1. The van der Waals surface area contributed by atoms with E-state index >= 15 is 0 Å². The highest BCUT2D eigenvalue weighted by atomic mass is 32.2. The molecule has 2 aliphatic rings. The van der Waals surface area contributed by atoms with Crippen molar-refractivity contribution in [2.24, 2.45) is 0 Å². The third kappa shape index (κ3) is 4.36. The molecule has 2 N–H and O–H groups in total. The molecule has 1 saturated heterocycles. The Kier molecular flexibility index (Phi) is 5.87. The number of hydrogen-bond acceptors (Lipinski definition) is 7. The number of aliphatic hydroxyl groups is 1. The minimum atomic E-state index is -3.91. The number of hydrogen-bond donors (Lipinski definition) is 2. The average Bonchev–Trinajstić information content (AvgIpc) is 3.11. The van der Waals surface area contributed by atoms with Crippen molar-refractivity contribution in [3.8, 4) is 5.75 Å². The predicted molar refractivity (Wildman–Crippen MR) is 108 cm³/mol. The molecular formula is C21H22FNO7S. The highest BCUT2D eigenvalue weighted by Gasteiger charge is 2.46. The molecule has 0 spiro atoms. The van der Waals surface area contributed by atoms with Gasteiger partial charge in [-0.3, -0.25) is 9.52 Å². The van der Waals surface area contributed by atoms with Crippen LogP contribution < -0.4 is 9.46 Å². The van der Waals surface area contributed by atoms with Crippen molar-refractivity contribution in [3.63, 3.8) is 0 Å². The van der Waals surface area contributed by atoms with Crippen LogP contribution in [0.5, 0.6) is 5.75 Å². The number of methoxy groups -OCH3 is 1. The van der Waals surface area contributed by atoms with Crippen LogP contribution in [0.1, 0.15) is 24.3 Å². The van der Waals surface area contributed by atoms with Gasteiger partial charge in [-0.15, -0.1) is 0 Å². The van der Waals surface area contributed by atoms with Crippen LogP contribution in [-0.2, 0) is 24.3 Å². The molecule has 31 heavy (non-hydrogen) atoms. The first kappa shape index (κ1) is 21.5. The lowest BCUT2D eigenvalue weighted by Gasteiger charge is -2.36. The van der Waals surface area contributed by atoms with Gasteiger partial charge in [0.2, 0.25) is 0 Å². The molecule has 0 bridgehead atoms. The number of esters is 1. The van der Waals surface area contributed by atoms with Crippen molar-refractivity contribution >= 4 is 21.7 Å². The molecule has 2 aliphatic heterocycles. The molecule has 0 radical (unpaired) electrons. The first-order chi connectivity index (χ1) is 14.8. The van der Waals surface area contributed by atoms with Gasteiger partial charge in [0, 0.05) is 17.2 Å². The maximum Gasteiger partial charge on any atom is 0.308 e. The second-order valence-electron chi connectivity index (χ2n) is 7.50. The van der Waals surface area contributed by atoms with Gasteiger partial charge in [0.15, 0.2) is 0 Å². The predicted octanol–water partition coefficient (Wildman–Crippen LogP) is 2.18. The SMILES string of the molecule is COC(=O)C[C@@H]1C[C@H]2c3cc(NS(=O)(=O)c4ccc(F)cc4)ccc3O[C@H]2[C@H](CO)O1. The number of nitrogens with one attached hydrogen (secondary N) is 1. The Hall–Kier alpha value is -2.69. The first-order valence-corrected chi connectivity index (χ1v) is 11.2. The number of anilines is 1. The van der Waals surface area contributed by atoms with E-state index < -0.39 is 40.1 Å². The van der Waals surface area contributed by atoms with Crippen molar-refractivity contribution in [3.05, 3.63) is 53.8 Å². The van der Waals surface area contributed by atoms with Crippen molar-refractivity contribution in [2.75, 3.05) is 18.4 Å². The number of ether oxygens (including phenoxy) is 3. The quantitative estimate of drug-likeness (QED) is 0.648. The van der Waals surface area contributed by atoms with E-state index in [1.807, 2.05) is 0 Å². The zero-order valence-corrected chi connectivity index (χ0v) is 17.5. The lowest BCUT2D eigenvalue weighted by Crippen LogP contribution is -2.46. The molecule has 166 valence electrons. The summed E-state index contributed by atoms with van der Waals surface area (Å²) in [5, 5.41) is 9.74. The number of aliphatic hydroxyl groups excluding tert-OH is 1. The molecule has 0 aromatic heterocycles. The summed E-state index contributed by atoms with van der Waals surface area (Å²) in [6.45, 7) is -0.281. The average molecular weight is 451 g/mol. The van der Waals surface area contributed by atoms with Gasteiger partial charge in [-0.25, -0.2) is 12.8 Å². The van der Waals surface area contributed by atoms with E-state index in [1.54, 1.807) is 18.2 Å². The summed E-state index contributed by atoms with van der Waals surface area (Å²) in [6, 6.07) is 9.42. The molecule has 1 fully saturated rings. The van der Waals surface area contributed by atoms with Gasteiger partial charge in [-0.05, 0) is 48.9 Å². The summed E-state index contributed by atoms with van der Waals surface area (Å²) in [7, 11) is -2.61. The van der Waals surface area contributed by atoms with Crippen molar-refractivity contribution in [1.82, 2.24) is 0 Å². The second-order valence-corrected chi connectivity index (χ2v) is 9.18. The lowest BCUT2D eigenvalue weighted by atomic mass is 9.84. The molecule has 2 heterocycles. The number of carbonyl (C=O) groups is 1. The van der Waals surface area contributed by atoms with E-state index in [-0.39, 0.29) is 23.8 Å². The molecule has 0 saturated carbocycles. The molecule has 0 amide bonds. The van der Waals surface area contributed by atoms with E-state index in [1.165, 1.54) is 19.2 Å². The fraction of sp³-hybridized carbons (Fsp3) is 0.381. The minimum Gasteiger partial charge on any atom is -0.487 e. The maximum absolute atomic E-state index is 13.1. The van der Waals surface area contributed by atoms with Crippen molar-refractivity contribution in [1.29, 1.82) is 0 Å². The number of sulfonamides is 1. The molecule has 4 atom stereocenters. The van der Waals surface area contributed by atoms with Crippen LogP contribution in [0.3, 0.4) is 0 Å². The van der Waals surface area contributed by atoms with Crippen LogP contribution in [0.15, 0.2) is 47.4 Å². The van der Waals surface area contributed by atoms with Crippen molar-refractivity contribution < 1.29 is 36.9 Å². The van der Waals surface area contributed by atoms with Crippen LogP contribution in [0.25, 0.3) is 0 Å². The molecule has 0 aliphatic carbocycles. The van der Waals surface area contributed by atoms with Gasteiger partial charge in [0.25, 0.3) is 10.0 Å². The van der Waals surface area contributed by atoms with E-state index in [0.29, 0.717) is 17.9 Å². The Balaban J connectivity index is 1.58. The molecule has 2 aromatic carbocycles. The standard InChI is InChI=1S/C21H22FNO7S/c1-28-20(25)10-14-9-17-16-8-13(4-7-18(16)30-21(17)19(11-24)29-14)23-31(26,27)15-5-2-12(22)3-6-15/h2-8,14,17,19,21,23-24H,9-11H2,1H3/t14-,17-,19-,21+/m0/s1. The molecule has 2 aromatic rings. The Labute approximate surface area is 179 Å². The molecular weight excluding hydrogens is 429 g/mol. The van der Waals surface area contributed by atoms with Gasteiger partial charge < -0.3 is 19.3 Å². The monoisotopic (exact) mass is 451 g/mol. The maximum atomic E-state index is 13.1. The van der Waals surface area contributed by atoms with E-state index in [2.05, 4.69) is 4.72 Å². The van der Waals surface area contributed by atoms with Crippen LogP contribution in [0, 0.1) is 5.82 Å². The summed E-state index contributed by atoms with van der Waals surface area (Å²) in [4.78, 5) is 11.6. The highest BCUT2D eigenvalue weighted by molar-refractivity contribution is 7.92. The Morgan fingerprint density at radius 3 is 2.68 bits per heavy atom. The highest BCUT2D eigenvalue weighted by Crippen LogP contribution is 2.47.